The van der Waals surface area contributed by atoms with E-state index in [4.69, 9.17) is 0 Å². The number of hydrogen-bond donors (Lipinski definition) is 1. The molecule has 2 aromatic rings. The zero-order chi connectivity index (χ0) is 14.0. The minimum atomic E-state index is -3.18. The maximum absolute atomic E-state index is 11.5. The van der Waals surface area contributed by atoms with Gasteiger partial charge in [0, 0.05) is 25.2 Å². The van der Waals surface area contributed by atoms with Crippen molar-refractivity contribution < 1.29 is 8.42 Å². The van der Waals surface area contributed by atoms with Crippen LogP contribution < -0.4 is 5.32 Å². The first-order chi connectivity index (χ1) is 8.88. The summed E-state index contributed by atoms with van der Waals surface area (Å²) in [6.45, 7) is 2.00. The summed E-state index contributed by atoms with van der Waals surface area (Å²) in [4.78, 5) is 0.315. The molecule has 0 saturated heterocycles. The van der Waals surface area contributed by atoms with Crippen molar-refractivity contribution in [1.29, 1.82) is 0 Å². The Hall–Kier alpha value is -1.82. The van der Waals surface area contributed by atoms with Crippen molar-refractivity contribution in [1.82, 2.24) is 9.78 Å². The van der Waals surface area contributed by atoms with Crippen LogP contribution in [0, 0.1) is 0 Å². The molecular formula is C13H17N3O2S. The van der Waals surface area contributed by atoms with Crippen LogP contribution in [0.15, 0.2) is 41.4 Å². The van der Waals surface area contributed by atoms with E-state index in [2.05, 4.69) is 10.4 Å². The van der Waals surface area contributed by atoms with Gasteiger partial charge >= 0.3 is 0 Å². The van der Waals surface area contributed by atoms with Gasteiger partial charge in [-0.15, -0.1) is 0 Å². The molecule has 0 aliphatic rings. The Morgan fingerprint density at radius 2 is 2.05 bits per heavy atom. The lowest BCUT2D eigenvalue weighted by Crippen LogP contribution is -2.11. The molecule has 0 radical (unpaired) electrons. The highest BCUT2D eigenvalue weighted by Gasteiger charge is 2.11. The van der Waals surface area contributed by atoms with Crippen LogP contribution in [-0.2, 0) is 16.9 Å². The van der Waals surface area contributed by atoms with Crippen LogP contribution in [0.2, 0.25) is 0 Å². The van der Waals surface area contributed by atoms with Crippen LogP contribution in [0.3, 0.4) is 0 Å². The molecule has 0 aliphatic carbocycles. The topological polar surface area (TPSA) is 64.0 Å². The van der Waals surface area contributed by atoms with Gasteiger partial charge < -0.3 is 5.32 Å². The average Bonchev–Trinajstić information content (AvgIpc) is 2.75. The second kappa shape index (κ2) is 5.05. The summed E-state index contributed by atoms with van der Waals surface area (Å²) in [5.74, 6) is 0. The van der Waals surface area contributed by atoms with Gasteiger partial charge in [-0.2, -0.15) is 5.10 Å². The van der Waals surface area contributed by atoms with Crippen molar-refractivity contribution in [2.45, 2.75) is 17.9 Å². The van der Waals surface area contributed by atoms with Crippen molar-refractivity contribution in [2.75, 3.05) is 11.6 Å². The summed E-state index contributed by atoms with van der Waals surface area (Å²) in [6, 6.07) is 8.79. The highest BCUT2D eigenvalue weighted by atomic mass is 32.2. The van der Waals surface area contributed by atoms with Crippen LogP contribution in [0.5, 0.6) is 0 Å². The molecule has 1 aromatic carbocycles. The van der Waals surface area contributed by atoms with Crippen molar-refractivity contribution in [3.8, 4) is 0 Å². The number of sulfone groups is 1. The quantitative estimate of drug-likeness (QED) is 0.929. The van der Waals surface area contributed by atoms with Crippen LogP contribution in [0.4, 0.5) is 5.69 Å². The fourth-order valence-corrected chi connectivity index (χ4v) is 2.62. The maximum Gasteiger partial charge on any atom is 0.175 e. The number of benzene rings is 1. The van der Waals surface area contributed by atoms with Gasteiger partial charge in [-0.05, 0) is 31.2 Å². The summed E-state index contributed by atoms with van der Waals surface area (Å²) >= 11 is 0. The zero-order valence-electron chi connectivity index (χ0n) is 11.2. The van der Waals surface area contributed by atoms with Gasteiger partial charge in [0.2, 0.25) is 0 Å². The Morgan fingerprint density at radius 3 is 2.63 bits per heavy atom. The lowest BCUT2D eigenvalue weighted by molar-refractivity contribution is 0.602. The minimum Gasteiger partial charge on any atom is -0.377 e. The van der Waals surface area contributed by atoms with Crippen LogP contribution in [0.1, 0.15) is 18.7 Å². The third-order valence-corrected chi connectivity index (χ3v) is 4.06. The highest BCUT2D eigenvalue weighted by molar-refractivity contribution is 7.90. The summed E-state index contributed by atoms with van der Waals surface area (Å²) in [7, 11) is -1.31. The monoisotopic (exact) mass is 279 g/mol. The third-order valence-electron chi connectivity index (χ3n) is 2.95. The molecule has 0 spiro atoms. The Morgan fingerprint density at radius 1 is 1.32 bits per heavy atom. The highest BCUT2D eigenvalue weighted by Crippen LogP contribution is 2.21. The molecule has 1 unspecified atom stereocenters. The molecule has 19 heavy (non-hydrogen) atoms. The first-order valence-corrected chi connectivity index (χ1v) is 7.81. The van der Waals surface area contributed by atoms with Gasteiger partial charge in [0.15, 0.2) is 9.84 Å². The predicted molar refractivity (Wildman–Crippen MR) is 74.8 cm³/mol. The first-order valence-electron chi connectivity index (χ1n) is 5.92. The van der Waals surface area contributed by atoms with Gasteiger partial charge in [0.05, 0.1) is 16.6 Å². The number of aryl methyl sites for hydroxylation is 1. The summed E-state index contributed by atoms with van der Waals surface area (Å²) < 4.78 is 24.8. The van der Waals surface area contributed by atoms with Crippen molar-refractivity contribution >= 4 is 15.5 Å². The average molecular weight is 279 g/mol. The Balaban J connectivity index is 2.23. The fraction of sp³-hybridized carbons (Fsp3) is 0.308. The summed E-state index contributed by atoms with van der Waals surface area (Å²) in [5.41, 5.74) is 1.81. The first kappa shape index (κ1) is 13.6. The molecule has 0 amide bonds. The van der Waals surface area contributed by atoms with E-state index < -0.39 is 9.84 Å². The van der Waals surface area contributed by atoms with Crippen molar-refractivity contribution in [3.63, 3.8) is 0 Å². The van der Waals surface area contributed by atoms with E-state index in [1.165, 1.54) is 6.26 Å². The molecule has 0 bridgehead atoms. The van der Waals surface area contributed by atoms with Gasteiger partial charge in [-0.25, -0.2) is 8.42 Å². The molecule has 1 N–H and O–H groups in total. The zero-order valence-corrected chi connectivity index (χ0v) is 12.0. The normalized spacial score (nSPS) is 13.2. The smallest absolute Gasteiger partial charge is 0.175 e. The second-order valence-electron chi connectivity index (χ2n) is 4.55. The summed E-state index contributed by atoms with van der Waals surface area (Å²) in [5, 5.41) is 7.39. The van der Waals surface area contributed by atoms with Gasteiger partial charge in [0.1, 0.15) is 0 Å². The lowest BCUT2D eigenvalue weighted by Gasteiger charge is -2.16. The number of rotatable bonds is 4. The van der Waals surface area contributed by atoms with E-state index in [1.54, 1.807) is 29.1 Å². The molecule has 1 heterocycles. The molecule has 0 saturated carbocycles. The van der Waals surface area contributed by atoms with Gasteiger partial charge in [-0.1, -0.05) is 6.07 Å². The fourth-order valence-electron chi connectivity index (χ4n) is 1.95. The molecule has 5 nitrogen and oxygen atoms in total. The van der Waals surface area contributed by atoms with E-state index in [9.17, 15) is 8.42 Å². The van der Waals surface area contributed by atoms with Crippen LogP contribution >= 0.6 is 0 Å². The second-order valence-corrected chi connectivity index (χ2v) is 6.56. The van der Waals surface area contributed by atoms with E-state index in [0.717, 1.165) is 11.4 Å². The molecule has 102 valence electrons. The number of anilines is 1. The summed E-state index contributed by atoms with van der Waals surface area (Å²) in [6.07, 6.45) is 2.94. The van der Waals surface area contributed by atoms with Crippen molar-refractivity contribution in [3.05, 3.63) is 42.2 Å². The Kier molecular flexibility index (Phi) is 3.61. The maximum atomic E-state index is 11.5. The Labute approximate surface area is 113 Å². The van der Waals surface area contributed by atoms with Gasteiger partial charge in [-0.3, -0.25) is 4.68 Å². The van der Waals surface area contributed by atoms with Gasteiger partial charge in [0.25, 0.3) is 0 Å². The van der Waals surface area contributed by atoms with E-state index in [-0.39, 0.29) is 6.04 Å². The number of nitrogens with zero attached hydrogens (tertiary/aromatic N) is 2. The molecule has 6 heteroatoms. The number of aromatic nitrogens is 2. The van der Waals surface area contributed by atoms with E-state index >= 15 is 0 Å². The van der Waals surface area contributed by atoms with Crippen molar-refractivity contribution in [2.24, 2.45) is 7.05 Å². The number of hydrogen-bond acceptors (Lipinski definition) is 4. The van der Waals surface area contributed by atoms with Crippen LogP contribution in [0.25, 0.3) is 0 Å². The molecule has 0 fully saturated rings. The van der Waals surface area contributed by atoms with Crippen LogP contribution in [-0.4, -0.2) is 24.5 Å². The minimum absolute atomic E-state index is 0.0438. The van der Waals surface area contributed by atoms with E-state index in [0.29, 0.717) is 4.90 Å². The van der Waals surface area contributed by atoms with E-state index in [1.807, 2.05) is 26.1 Å². The largest absolute Gasteiger partial charge is 0.377 e. The number of nitrogens with one attached hydrogen (secondary N) is 1. The molecule has 0 aliphatic heterocycles. The molecular weight excluding hydrogens is 262 g/mol. The SMILES string of the molecule is CC(Nc1cccc(S(C)(=O)=O)c1)c1ccnn1C. The molecule has 1 aromatic heterocycles. The predicted octanol–water partition coefficient (Wildman–Crippen LogP) is 2.00. The lowest BCUT2D eigenvalue weighted by atomic mass is 10.2. The standard InChI is InChI=1S/C13H17N3O2S/c1-10(13-7-8-14-16(13)2)15-11-5-4-6-12(9-11)19(3,17)18/h4-10,15H,1-3H3. The Bertz CT molecular complexity index is 677. The third kappa shape index (κ3) is 3.14. The molecule has 1 atom stereocenters. The molecule has 2 rings (SSSR count).